The molecular weight excluding hydrogens is 438 g/mol. The van der Waals surface area contributed by atoms with Crippen LogP contribution in [0.15, 0.2) is 47.8 Å². The smallest absolute Gasteiger partial charge is 0.234 e. The van der Waals surface area contributed by atoms with E-state index in [2.05, 4.69) is 54.3 Å². The van der Waals surface area contributed by atoms with Crippen LogP contribution in [-0.4, -0.2) is 26.7 Å². The lowest BCUT2D eigenvalue weighted by molar-refractivity contribution is -0.113. The van der Waals surface area contributed by atoms with Crippen molar-refractivity contribution in [3.8, 4) is 16.9 Å². The van der Waals surface area contributed by atoms with E-state index in [-0.39, 0.29) is 17.4 Å². The number of phenolic OH excluding ortho intramolecular Hbond substituents is 1. The van der Waals surface area contributed by atoms with Crippen LogP contribution in [0, 0.1) is 20.8 Å². The molecule has 32 heavy (non-hydrogen) atoms. The molecule has 0 aliphatic carbocycles. The van der Waals surface area contributed by atoms with Gasteiger partial charge >= 0.3 is 0 Å². The standard InChI is InChI=1S/C25H25N3O2S2/c1-5-20-22(17-8-7-15(3)16(4)11-17)23-24(26-13-27-25(23)32-20)31-12-21(30)28-18-10-14(2)6-9-19(18)29/h6-11,13,29H,5,12H2,1-4H3,(H,28,30). The molecule has 2 N–H and O–H groups in total. The molecule has 0 radical (unpaired) electrons. The summed E-state index contributed by atoms with van der Waals surface area (Å²) < 4.78 is 0. The number of carbonyl (C=O) groups excluding carboxylic acids is 1. The Hall–Kier alpha value is -2.90. The number of aromatic nitrogens is 2. The van der Waals surface area contributed by atoms with Crippen molar-refractivity contribution in [1.82, 2.24) is 9.97 Å². The van der Waals surface area contributed by atoms with Gasteiger partial charge in [0.15, 0.2) is 0 Å². The zero-order valence-electron chi connectivity index (χ0n) is 18.5. The second-order valence-electron chi connectivity index (χ2n) is 7.77. The predicted octanol–water partition coefficient (Wildman–Crippen LogP) is 6.28. The van der Waals surface area contributed by atoms with Crippen molar-refractivity contribution in [2.24, 2.45) is 0 Å². The third-order valence-electron chi connectivity index (χ3n) is 5.41. The van der Waals surface area contributed by atoms with Gasteiger partial charge in [0.1, 0.15) is 21.9 Å². The van der Waals surface area contributed by atoms with E-state index < -0.39 is 0 Å². The van der Waals surface area contributed by atoms with E-state index in [9.17, 15) is 9.90 Å². The van der Waals surface area contributed by atoms with Crippen molar-refractivity contribution in [2.45, 2.75) is 39.1 Å². The van der Waals surface area contributed by atoms with E-state index in [0.717, 1.165) is 38.4 Å². The highest BCUT2D eigenvalue weighted by Gasteiger charge is 2.19. The SMILES string of the molecule is CCc1sc2ncnc(SCC(=O)Nc3cc(C)ccc3O)c2c1-c1ccc(C)c(C)c1. The summed E-state index contributed by atoms with van der Waals surface area (Å²) in [5, 5.41) is 14.6. The Morgan fingerprint density at radius 3 is 2.66 bits per heavy atom. The molecule has 0 spiro atoms. The normalized spacial score (nSPS) is 11.1. The third-order valence-corrected chi connectivity index (χ3v) is 7.64. The number of nitrogens with zero attached hydrogens (tertiary/aromatic N) is 2. The van der Waals surface area contributed by atoms with Crippen LogP contribution in [0.3, 0.4) is 0 Å². The fraction of sp³-hybridized carbons (Fsp3) is 0.240. The maximum atomic E-state index is 12.6. The van der Waals surface area contributed by atoms with E-state index >= 15 is 0 Å². The molecule has 0 bridgehead atoms. The molecule has 0 aliphatic heterocycles. The van der Waals surface area contributed by atoms with E-state index in [1.54, 1.807) is 35.9 Å². The number of aryl methyl sites for hydroxylation is 4. The average molecular weight is 464 g/mol. The molecule has 0 unspecified atom stereocenters. The molecule has 0 saturated heterocycles. The number of nitrogens with one attached hydrogen (secondary N) is 1. The van der Waals surface area contributed by atoms with Crippen LogP contribution >= 0.6 is 23.1 Å². The number of thiophene rings is 1. The van der Waals surface area contributed by atoms with Crippen LogP contribution < -0.4 is 5.32 Å². The Morgan fingerprint density at radius 2 is 1.91 bits per heavy atom. The number of hydrogen-bond donors (Lipinski definition) is 2. The number of benzene rings is 2. The van der Waals surface area contributed by atoms with Crippen molar-refractivity contribution in [1.29, 1.82) is 0 Å². The molecule has 4 rings (SSSR count). The number of phenols is 1. The number of rotatable bonds is 6. The Labute approximate surface area is 195 Å². The van der Waals surface area contributed by atoms with Gasteiger partial charge in [-0.25, -0.2) is 9.97 Å². The molecule has 0 fully saturated rings. The number of hydrogen-bond acceptors (Lipinski definition) is 6. The zero-order chi connectivity index (χ0) is 22.8. The lowest BCUT2D eigenvalue weighted by Crippen LogP contribution is -2.14. The minimum absolute atomic E-state index is 0.0563. The van der Waals surface area contributed by atoms with E-state index in [1.807, 2.05) is 6.92 Å². The summed E-state index contributed by atoms with van der Waals surface area (Å²) in [6.45, 7) is 8.30. The lowest BCUT2D eigenvalue weighted by Gasteiger charge is -2.10. The first-order valence-corrected chi connectivity index (χ1v) is 12.2. The molecule has 0 aliphatic rings. The monoisotopic (exact) mass is 463 g/mol. The summed E-state index contributed by atoms with van der Waals surface area (Å²) >= 11 is 3.07. The second-order valence-corrected chi connectivity index (χ2v) is 9.82. The van der Waals surface area contributed by atoms with Crippen molar-refractivity contribution in [3.05, 3.63) is 64.3 Å². The van der Waals surface area contributed by atoms with Crippen molar-refractivity contribution >= 4 is 44.9 Å². The summed E-state index contributed by atoms with van der Waals surface area (Å²) in [4.78, 5) is 23.8. The van der Waals surface area contributed by atoms with E-state index in [4.69, 9.17) is 0 Å². The molecule has 2 heterocycles. The topological polar surface area (TPSA) is 75.1 Å². The lowest BCUT2D eigenvalue weighted by atomic mass is 9.98. The van der Waals surface area contributed by atoms with Gasteiger partial charge in [0.25, 0.3) is 0 Å². The van der Waals surface area contributed by atoms with Gasteiger partial charge < -0.3 is 10.4 Å². The second kappa shape index (κ2) is 9.30. The molecule has 0 saturated carbocycles. The summed E-state index contributed by atoms with van der Waals surface area (Å²) in [5.41, 5.74) is 6.20. The summed E-state index contributed by atoms with van der Waals surface area (Å²) in [5.74, 6) is 0.0468. The Kier molecular flexibility index (Phi) is 6.48. The average Bonchev–Trinajstić information content (AvgIpc) is 3.16. The first kappa shape index (κ1) is 22.3. The van der Waals surface area contributed by atoms with Crippen LogP contribution in [0.5, 0.6) is 5.75 Å². The molecule has 2 aromatic carbocycles. The summed E-state index contributed by atoms with van der Waals surface area (Å²) in [6.07, 6.45) is 2.47. The van der Waals surface area contributed by atoms with Gasteiger partial charge in [-0.1, -0.05) is 43.0 Å². The van der Waals surface area contributed by atoms with Gasteiger partial charge in [-0.05, 0) is 61.6 Å². The number of amides is 1. The number of thioether (sulfide) groups is 1. The van der Waals surface area contributed by atoms with E-state index in [1.165, 1.54) is 27.8 Å². The number of carbonyl (C=O) groups is 1. The Morgan fingerprint density at radius 1 is 1.09 bits per heavy atom. The first-order valence-electron chi connectivity index (χ1n) is 10.4. The molecule has 1 amide bonds. The fourth-order valence-corrected chi connectivity index (χ4v) is 5.55. The van der Waals surface area contributed by atoms with Crippen LogP contribution in [0.2, 0.25) is 0 Å². The molecule has 7 heteroatoms. The third kappa shape index (κ3) is 4.49. The van der Waals surface area contributed by atoms with Gasteiger partial charge in [-0.15, -0.1) is 11.3 Å². The molecule has 2 aromatic heterocycles. The van der Waals surface area contributed by atoms with Crippen LogP contribution in [0.1, 0.15) is 28.5 Å². The summed E-state index contributed by atoms with van der Waals surface area (Å²) in [6, 6.07) is 11.6. The van der Waals surface area contributed by atoms with Gasteiger partial charge in [-0.2, -0.15) is 0 Å². The Balaban J connectivity index is 1.66. The van der Waals surface area contributed by atoms with Crippen molar-refractivity contribution in [2.75, 3.05) is 11.1 Å². The highest BCUT2D eigenvalue weighted by molar-refractivity contribution is 8.00. The highest BCUT2D eigenvalue weighted by atomic mass is 32.2. The maximum absolute atomic E-state index is 12.6. The molecule has 164 valence electrons. The number of anilines is 1. The van der Waals surface area contributed by atoms with Gasteiger partial charge in [0.2, 0.25) is 5.91 Å². The molecule has 5 nitrogen and oxygen atoms in total. The quantitative estimate of drug-likeness (QED) is 0.200. The largest absolute Gasteiger partial charge is 0.506 e. The predicted molar refractivity (Wildman–Crippen MR) is 134 cm³/mol. The maximum Gasteiger partial charge on any atom is 0.234 e. The van der Waals surface area contributed by atoms with E-state index in [0.29, 0.717) is 5.69 Å². The van der Waals surface area contributed by atoms with Crippen LogP contribution in [0.4, 0.5) is 5.69 Å². The number of aromatic hydroxyl groups is 1. The van der Waals surface area contributed by atoms with Crippen molar-refractivity contribution < 1.29 is 9.90 Å². The fourth-order valence-electron chi connectivity index (χ4n) is 3.58. The highest BCUT2D eigenvalue weighted by Crippen LogP contribution is 2.42. The first-order chi connectivity index (χ1) is 15.4. The van der Waals surface area contributed by atoms with Gasteiger partial charge in [-0.3, -0.25) is 4.79 Å². The van der Waals surface area contributed by atoms with Gasteiger partial charge in [0, 0.05) is 10.4 Å². The molecule has 4 aromatic rings. The Bertz CT molecular complexity index is 1310. The van der Waals surface area contributed by atoms with Crippen LogP contribution in [-0.2, 0) is 11.2 Å². The number of fused-ring (bicyclic) bond motifs is 1. The minimum Gasteiger partial charge on any atom is -0.506 e. The van der Waals surface area contributed by atoms with Crippen LogP contribution in [0.25, 0.3) is 21.3 Å². The molecule has 0 atom stereocenters. The van der Waals surface area contributed by atoms with Crippen molar-refractivity contribution in [3.63, 3.8) is 0 Å². The minimum atomic E-state index is -0.193. The zero-order valence-corrected chi connectivity index (χ0v) is 20.2. The molecular formula is C25H25N3O2S2. The summed E-state index contributed by atoms with van der Waals surface area (Å²) in [7, 11) is 0. The van der Waals surface area contributed by atoms with Gasteiger partial charge in [0.05, 0.1) is 16.8 Å².